The van der Waals surface area contributed by atoms with Crippen LogP contribution in [0.25, 0.3) is 10.9 Å². The highest BCUT2D eigenvalue weighted by Gasteiger charge is 2.34. The van der Waals surface area contributed by atoms with Crippen molar-refractivity contribution in [2.75, 3.05) is 24.5 Å². The van der Waals surface area contributed by atoms with Gasteiger partial charge in [0.15, 0.2) is 0 Å². The van der Waals surface area contributed by atoms with Crippen LogP contribution in [0.15, 0.2) is 94.6 Å². The molecule has 38 heavy (non-hydrogen) atoms. The number of nitrogens with zero attached hydrogens (tertiary/aromatic N) is 2. The molecule has 1 aromatic heterocycles. The molecular formula is C29H30N4O4S. The van der Waals surface area contributed by atoms with Gasteiger partial charge < -0.3 is 14.8 Å². The zero-order valence-corrected chi connectivity index (χ0v) is 22.1. The first-order chi connectivity index (χ1) is 18.2. The number of amides is 1. The average Bonchev–Trinajstić information content (AvgIpc) is 2.92. The van der Waals surface area contributed by atoms with Gasteiger partial charge in [0.2, 0.25) is 21.5 Å². The monoisotopic (exact) mass is 530 g/mol. The molecule has 8 nitrogen and oxygen atoms in total. The number of anilines is 1. The summed E-state index contributed by atoms with van der Waals surface area (Å²) in [6, 6.07) is 23.6. The van der Waals surface area contributed by atoms with E-state index in [1.807, 2.05) is 13.0 Å². The predicted molar refractivity (Wildman–Crippen MR) is 149 cm³/mol. The highest BCUT2D eigenvalue weighted by molar-refractivity contribution is 7.89. The van der Waals surface area contributed by atoms with Crippen LogP contribution in [-0.4, -0.2) is 49.9 Å². The summed E-state index contributed by atoms with van der Waals surface area (Å²) in [4.78, 5) is 32.1. The highest BCUT2D eigenvalue weighted by atomic mass is 32.2. The van der Waals surface area contributed by atoms with Crippen LogP contribution in [0.5, 0.6) is 0 Å². The summed E-state index contributed by atoms with van der Waals surface area (Å²) >= 11 is 0. The van der Waals surface area contributed by atoms with Crippen molar-refractivity contribution in [2.45, 2.75) is 30.8 Å². The minimum atomic E-state index is -4.06. The normalized spacial score (nSPS) is 16.9. The number of carbonyl (C=O) groups excluding carboxylic acids is 1. The Hall–Kier alpha value is -3.95. The Bertz CT molecular complexity index is 1620. The molecule has 5 rings (SSSR count). The van der Waals surface area contributed by atoms with Crippen LogP contribution in [0.3, 0.4) is 0 Å². The number of pyridine rings is 1. The Labute approximate surface area is 222 Å². The Morgan fingerprint density at radius 2 is 1.71 bits per heavy atom. The number of sulfonamides is 1. The van der Waals surface area contributed by atoms with Crippen LogP contribution < -0.4 is 15.2 Å². The minimum Gasteiger partial charge on any atom is -0.365 e. The summed E-state index contributed by atoms with van der Waals surface area (Å²) < 4.78 is 29.6. The molecule has 0 bridgehead atoms. The second-order valence-corrected chi connectivity index (χ2v) is 11.4. The molecule has 3 aromatic carbocycles. The zero-order valence-electron chi connectivity index (χ0n) is 21.3. The third-order valence-electron chi connectivity index (χ3n) is 6.96. The number of hydrogen-bond acceptors (Lipinski definition) is 5. The number of fused-ring (bicyclic) bond motifs is 1. The molecule has 1 fully saturated rings. The molecule has 9 heteroatoms. The number of nitrogens with one attached hydrogen (secondary N) is 2. The highest BCUT2D eigenvalue weighted by Crippen LogP contribution is 2.25. The molecule has 2 heterocycles. The van der Waals surface area contributed by atoms with Gasteiger partial charge in [-0.05, 0) is 61.2 Å². The molecule has 1 saturated heterocycles. The third kappa shape index (κ3) is 5.34. The number of rotatable bonds is 6. The maximum absolute atomic E-state index is 13.8. The van der Waals surface area contributed by atoms with E-state index in [1.54, 1.807) is 41.3 Å². The first kappa shape index (κ1) is 25.7. The number of carbonyl (C=O) groups is 1. The number of benzene rings is 3. The number of piperazine rings is 1. The summed E-state index contributed by atoms with van der Waals surface area (Å²) in [5.41, 5.74) is 3.13. The van der Waals surface area contributed by atoms with Crippen LogP contribution in [-0.2, 0) is 14.8 Å². The van der Waals surface area contributed by atoms with E-state index in [1.165, 1.54) is 23.8 Å². The van der Waals surface area contributed by atoms with Gasteiger partial charge in [0.25, 0.3) is 0 Å². The predicted octanol–water partition coefficient (Wildman–Crippen LogP) is 3.59. The largest absolute Gasteiger partial charge is 0.365 e. The molecule has 4 aromatic rings. The minimum absolute atomic E-state index is 0.0170. The first-order valence-electron chi connectivity index (χ1n) is 12.5. The van der Waals surface area contributed by atoms with Crippen LogP contribution in [0, 0.1) is 6.92 Å². The number of aromatic amines is 1. The molecule has 0 radical (unpaired) electrons. The number of H-pyrrole nitrogens is 1. The number of hydrogen-bond donors (Lipinski definition) is 2. The standard InChI is InChI=1S/C29H30N4O4S/c1-20-8-11-24(12-9-20)33-17-16-32(19-21(33)2)29(35)28(22-6-4-3-5-7-22)31-38(36,37)25-13-14-26-23(18-25)10-15-27(34)30-26/h3-15,18,21,28,31H,16-17,19H2,1-2H3,(H,30,34). The Balaban J connectivity index is 1.40. The molecule has 1 amide bonds. The third-order valence-corrected chi connectivity index (χ3v) is 8.38. The second-order valence-electron chi connectivity index (χ2n) is 9.70. The van der Waals surface area contributed by atoms with Crippen molar-refractivity contribution in [3.05, 3.63) is 106 Å². The van der Waals surface area contributed by atoms with E-state index in [0.717, 1.165) is 5.69 Å². The summed E-state index contributed by atoms with van der Waals surface area (Å²) in [6.45, 7) is 5.72. The maximum atomic E-state index is 13.8. The Kier molecular flexibility index (Phi) is 7.05. The average molecular weight is 531 g/mol. The SMILES string of the molecule is Cc1ccc(N2CCN(C(=O)C(NS(=O)(=O)c3ccc4[nH]c(=O)ccc4c3)c3ccccc3)CC2C)cc1. The van der Waals surface area contributed by atoms with Crippen LogP contribution in [0.2, 0.25) is 0 Å². The van der Waals surface area contributed by atoms with Crippen LogP contribution in [0.1, 0.15) is 24.1 Å². The Morgan fingerprint density at radius 3 is 2.42 bits per heavy atom. The van der Waals surface area contributed by atoms with Crippen molar-refractivity contribution in [1.29, 1.82) is 0 Å². The fraction of sp³-hybridized carbons (Fsp3) is 0.241. The second kappa shape index (κ2) is 10.4. The smallest absolute Gasteiger partial charge is 0.248 e. The van der Waals surface area contributed by atoms with E-state index >= 15 is 0 Å². The summed E-state index contributed by atoms with van der Waals surface area (Å²) in [7, 11) is -4.06. The molecule has 0 aliphatic carbocycles. The lowest BCUT2D eigenvalue weighted by Crippen LogP contribution is -2.56. The summed E-state index contributed by atoms with van der Waals surface area (Å²) in [6.07, 6.45) is 0. The van der Waals surface area contributed by atoms with Gasteiger partial charge in [0.05, 0.1) is 4.90 Å². The molecule has 1 aliphatic rings. The van der Waals surface area contributed by atoms with Crippen molar-refractivity contribution in [2.24, 2.45) is 0 Å². The molecule has 1 aliphatic heterocycles. The van der Waals surface area contributed by atoms with E-state index in [0.29, 0.717) is 36.1 Å². The fourth-order valence-electron chi connectivity index (χ4n) is 4.89. The van der Waals surface area contributed by atoms with E-state index in [4.69, 9.17) is 0 Å². The molecule has 196 valence electrons. The molecule has 2 atom stereocenters. The van der Waals surface area contributed by atoms with E-state index < -0.39 is 16.1 Å². The van der Waals surface area contributed by atoms with E-state index in [2.05, 4.69) is 45.8 Å². The van der Waals surface area contributed by atoms with Crippen molar-refractivity contribution in [1.82, 2.24) is 14.6 Å². The van der Waals surface area contributed by atoms with Gasteiger partial charge in [-0.15, -0.1) is 0 Å². The van der Waals surface area contributed by atoms with Gasteiger partial charge in [-0.2, -0.15) is 4.72 Å². The topological polar surface area (TPSA) is 103 Å². The van der Waals surface area contributed by atoms with Gasteiger partial charge in [0.1, 0.15) is 6.04 Å². The molecule has 2 N–H and O–H groups in total. The summed E-state index contributed by atoms with van der Waals surface area (Å²) in [5, 5.41) is 0.580. The van der Waals surface area contributed by atoms with Crippen molar-refractivity contribution in [3.63, 3.8) is 0 Å². The molecular weight excluding hydrogens is 500 g/mol. The summed E-state index contributed by atoms with van der Waals surface area (Å²) in [5.74, 6) is -0.291. The fourth-order valence-corrected chi connectivity index (χ4v) is 6.10. The van der Waals surface area contributed by atoms with Gasteiger partial charge in [0, 0.05) is 42.9 Å². The Morgan fingerprint density at radius 1 is 0.974 bits per heavy atom. The van der Waals surface area contributed by atoms with Crippen LogP contribution >= 0.6 is 0 Å². The van der Waals surface area contributed by atoms with Gasteiger partial charge in [-0.1, -0.05) is 48.0 Å². The van der Waals surface area contributed by atoms with Gasteiger partial charge >= 0.3 is 0 Å². The van der Waals surface area contributed by atoms with Crippen molar-refractivity contribution in [3.8, 4) is 0 Å². The maximum Gasteiger partial charge on any atom is 0.248 e. The molecule has 2 unspecified atom stereocenters. The number of aromatic nitrogens is 1. The lowest BCUT2D eigenvalue weighted by Gasteiger charge is -2.42. The van der Waals surface area contributed by atoms with Crippen molar-refractivity contribution >= 4 is 32.5 Å². The molecule has 0 spiro atoms. The lowest BCUT2D eigenvalue weighted by atomic mass is 10.0. The molecule has 0 saturated carbocycles. The van der Waals surface area contributed by atoms with Crippen LogP contribution in [0.4, 0.5) is 5.69 Å². The van der Waals surface area contributed by atoms with Crippen molar-refractivity contribution < 1.29 is 13.2 Å². The van der Waals surface area contributed by atoms with Gasteiger partial charge in [-0.25, -0.2) is 8.42 Å². The number of aryl methyl sites for hydroxylation is 1. The quantitative estimate of drug-likeness (QED) is 0.397. The lowest BCUT2D eigenvalue weighted by molar-refractivity contribution is -0.133. The van der Waals surface area contributed by atoms with E-state index in [9.17, 15) is 18.0 Å². The zero-order chi connectivity index (χ0) is 26.9. The van der Waals surface area contributed by atoms with Gasteiger partial charge in [-0.3, -0.25) is 9.59 Å². The first-order valence-corrected chi connectivity index (χ1v) is 14.0. The van der Waals surface area contributed by atoms with E-state index in [-0.39, 0.29) is 22.4 Å².